The number of nitrogens with one attached hydrogen (secondary N) is 1. The summed E-state index contributed by atoms with van der Waals surface area (Å²) in [4.78, 5) is 16.2. The van der Waals surface area contributed by atoms with Crippen molar-refractivity contribution in [3.8, 4) is 0 Å². The van der Waals surface area contributed by atoms with Crippen LogP contribution < -0.4 is 11.1 Å². The number of rotatable bonds is 2. The number of carbonyl (C=O) groups is 1. The summed E-state index contributed by atoms with van der Waals surface area (Å²) >= 11 is 1.38. The molecule has 6 heteroatoms. The number of thiazole rings is 1. The van der Waals surface area contributed by atoms with Crippen LogP contribution in [-0.4, -0.2) is 10.9 Å². The maximum Gasteiger partial charge on any atom is 0.293 e. The molecule has 1 aromatic carbocycles. The van der Waals surface area contributed by atoms with Gasteiger partial charge in [0.1, 0.15) is 5.58 Å². The second-order valence-electron chi connectivity index (χ2n) is 4.16. The van der Waals surface area contributed by atoms with E-state index in [1.54, 1.807) is 24.3 Å². The summed E-state index contributed by atoms with van der Waals surface area (Å²) in [5.74, 6) is -0.0717. The summed E-state index contributed by atoms with van der Waals surface area (Å²) in [5, 5.41) is 5.93. The predicted octanol–water partition coefficient (Wildman–Crippen LogP) is 3.03. The predicted molar refractivity (Wildman–Crippen MR) is 75.4 cm³/mol. The van der Waals surface area contributed by atoms with E-state index >= 15 is 0 Å². The van der Waals surface area contributed by atoms with Crippen LogP contribution in [0.3, 0.4) is 0 Å². The summed E-state index contributed by atoms with van der Waals surface area (Å²) in [6.45, 7) is 1.87. The topological polar surface area (TPSA) is 81.2 Å². The van der Waals surface area contributed by atoms with Crippen molar-refractivity contribution >= 4 is 39.0 Å². The number of nitrogens with two attached hydrogens (primary N) is 1. The molecule has 0 saturated heterocycles. The van der Waals surface area contributed by atoms with E-state index in [0.717, 1.165) is 11.1 Å². The van der Waals surface area contributed by atoms with Gasteiger partial charge in [-0.15, -0.1) is 11.3 Å². The third-order valence-electron chi connectivity index (χ3n) is 2.60. The summed E-state index contributed by atoms with van der Waals surface area (Å²) in [6.07, 6.45) is 0. The van der Waals surface area contributed by atoms with Crippen LogP contribution in [0, 0.1) is 6.92 Å². The lowest BCUT2D eigenvalue weighted by Gasteiger charge is -1.96. The van der Waals surface area contributed by atoms with Crippen LogP contribution in [-0.2, 0) is 0 Å². The molecule has 0 fully saturated rings. The number of fused-ring (bicyclic) bond motifs is 1. The Hall–Kier alpha value is -2.34. The van der Waals surface area contributed by atoms with Gasteiger partial charge in [-0.05, 0) is 31.2 Å². The molecule has 19 heavy (non-hydrogen) atoms. The highest BCUT2D eigenvalue weighted by atomic mass is 32.1. The fraction of sp³-hybridized carbons (Fsp3) is 0.0769. The van der Waals surface area contributed by atoms with E-state index < -0.39 is 0 Å². The first-order chi connectivity index (χ1) is 9.11. The number of amides is 1. The molecule has 0 radical (unpaired) electrons. The maximum atomic E-state index is 12.0. The van der Waals surface area contributed by atoms with E-state index in [1.807, 2.05) is 12.3 Å². The van der Waals surface area contributed by atoms with E-state index in [1.165, 1.54) is 11.3 Å². The zero-order valence-electron chi connectivity index (χ0n) is 10.1. The van der Waals surface area contributed by atoms with Crippen molar-refractivity contribution in [2.45, 2.75) is 6.92 Å². The molecule has 0 bridgehead atoms. The lowest BCUT2D eigenvalue weighted by atomic mass is 10.2. The van der Waals surface area contributed by atoms with Crippen molar-refractivity contribution in [2.75, 3.05) is 11.1 Å². The number of nitrogens with zero attached hydrogens (tertiary/aromatic N) is 1. The number of aromatic nitrogens is 1. The number of hydrogen-bond donors (Lipinski definition) is 2. The zero-order valence-corrected chi connectivity index (χ0v) is 11.0. The molecule has 3 N–H and O–H groups in total. The van der Waals surface area contributed by atoms with Gasteiger partial charge in [0.2, 0.25) is 0 Å². The number of hydrogen-bond acceptors (Lipinski definition) is 5. The smallest absolute Gasteiger partial charge is 0.293 e. The van der Waals surface area contributed by atoms with Crippen LogP contribution in [0.1, 0.15) is 16.2 Å². The summed E-state index contributed by atoms with van der Waals surface area (Å²) < 4.78 is 5.47. The fourth-order valence-electron chi connectivity index (χ4n) is 1.74. The minimum atomic E-state index is -0.316. The lowest BCUT2D eigenvalue weighted by Crippen LogP contribution is -2.10. The molecule has 2 heterocycles. The molecular formula is C13H11N3O2S. The maximum absolute atomic E-state index is 12.0. The lowest BCUT2D eigenvalue weighted by molar-refractivity contribution is 0.0998. The average molecular weight is 273 g/mol. The van der Waals surface area contributed by atoms with Gasteiger partial charge >= 0.3 is 0 Å². The van der Waals surface area contributed by atoms with E-state index in [0.29, 0.717) is 16.4 Å². The minimum absolute atomic E-state index is 0.244. The Kier molecular flexibility index (Phi) is 2.72. The third kappa shape index (κ3) is 2.30. The summed E-state index contributed by atoms with van der Waals surface area (Å²) in [5.41, 5.74) is 7.83. The normalized spacial score (nSPS) is 10.8. The second kappa shape index (κ2) is 4.40. The number of aryl methyl sites for hydroxylation is 1. The molecule has 3 aromatic rings. The van der Waals surface area contributed by atoms with Gasteiger partial charge in [-0.2, -0.15) is 0 Å². The molecule has 0 aliphatic carbocycles. The first-order valence-corrected chi connectivity index (χ1v) is 6.52. The van der Waals surface area contributed by atoms with Gasteiger partial charge in [-0.25, -0.2) is 4.98 Å². The molecule has 1 amide bonds. The molecule has 0 unspecified atom stereocenters. The van der Waals surface area contributed by atoms with Crippen LogP contribution in [0.4, 0.5) is 10.8 Å². The van der Waals surface area contributed by atoms with Gasteiger partial charge in [0.05, 0.1) is 5.69 Å². The highest BCUT2D eigenvalue weighted by Crippen LogP contribution is 2.23. The number of carbonyl (C=O) groups excluding carboxylic acids is 1. The summed E-state index contributed by atoms with van der Waals surface area (Å²) in [6, 6.07) is 6.91. The van der Waals surface area contributed by atoms with Crippen molar-refractivity contribution < 1.29 is 9.21 Å². The molecule has 0 spiro atoms. The first kappa shape index (κ1) is 11.7. The van der Waals surface area contributed by atoms with E-state index in [-0.39, 0.29) is 11.7 Å². The Labute approximate surface area is 113 Å². The molecule has 0 atom stereocenters. The standard InChI is InChI=1S/C13H11N3O2S/c1-7-6-19-13(15-7)16-12(17)11-5-8-4-9(14)2-3-10(8)18-11/h2-6H,14H2,1H3,(H,15,16,17). The van der Waals surface area contributed by atoms with E-state index in [2.05, 4.69) is 10.3 Å². The van der Waals surface area contributed by atoms with Gasteiger partial charge in [0.25, 0.3) is 5.91 Å². The molecule has 2 aromatic heterocycles. The van der Waals surface area contributed by atoms with Gasteiger partial charge in [0, 0.05) is 16.5 Å². The quantitative estimate of drug-likeness (QED) is 0.703. The first-order valence-electron chi connectivity index (χ1n) is 5.64. The Morgan fingerprint density at radius 2 is 2.26 bits per heavy atom. The molecule has 0 aliphatic rings. The van der Waals surface area contributed by atoms with Crippen LogP contribution in [0.15, 0.2) is 34.1 Å². The molecule has 3 rings (SSSR count). The summed E-state index contributed by atoms with van der Waals surface area (Å²) in [7, 11) is 0. The molecule has 5 nitrogen and oxygen atoms in total. The molecule has 0 saturated carbocycles. The SMILES string of the molecule is Cc1csc(NC(=O)c2cc3cc(N)ccc3o2)n1. The van der Waals surface area contributed by atoms with Crippen LogP contribution in [0.5, 0.6) is 0 Å². The van der Waals surface area contributed by atoms with E-state index in [9.17, 15) is 4.79 Å². The number of benzene rings is 1. The molecule has 96 valence electrons. The number of anilines is 2. The van der Waals surface area contributed by atoms with Gasteiger partial charge in [-0.1, -0.05) is 0 Å². The van der Waals surface area contributed by atoms with Crippen molar-refractivity contribution in [2.24, 2.45) is 0 Å². The Bertz CT molecular complexity index is 760. The van der Waals surface area contributed by atoms with Crippen LogP contribution >= 0.6 is 11.3 Å². The van der Waals surface area contributed by atoms with Gasteiger partial charge < -0.3 is 10.2 Å². The van der Waals surface area contributed by atoms with Gasteiger partial charge in [0.15, 0.2) is 10.9 Å². The van der Waals surface area contributed by atoms with Gasteiger partial charge in [-0.3, -0.25) is 10.1 Å². The molecule has 0 aliphatic heterocycles. The number of nitrogen functional groups attached to an aromatic ring is 1. The highest BCUT2D eigenvalue weighted by Gasteiger charge is 2.13. The fourth-order valence-corrected chi connectivity index (χ4v) is 2.43. The van der Waals surface area contributed by atoms with Crippen molar-refractivity contribution in [3.63, 3.8) is 0 Å². The van der Waals surface area contributed by atoms with Crippen LogP contribution in [0.2, 0.25) is 0 Å². The number of furan rings is 1. The van der Waals surface area contributed by atoms with E-state index in [4.69, 9.17) is 10.2 Å². The third-order valence-corrected chi connectivity index (χ3v) is 3.48. The van der Waals surface area contributed by atoms with Crippen molar-refractivity contribution in [1.82, 2.24) is 4.98 Å². The van der Waals surface area contributed by atoms with Crippen LogP contribution in [0.25, 0.3) is 11.0 Å². The highest BCUT2D eigenvalue weighted by molar-refractivity contribution is 7.13. The Morgan fingerprint density at radius 1 is 1.42 bits per heavy atom. The Morgan fingerprint density at radius 3 is 3.00 bits per heavy atom. The molecular weight excluding hydrogens is 262 g/mol. The largest absolute Gasteiger partial charge is 0.451 e. The Balaban J connectivity index is 1.89. The monoisotopic (exact) mass is 273 g/mol. The van der Waals surface area contributed by atoms with Crippen molar-refractivity contribution in [3.05, 3.63) is 41.1 Å². The average Bonchev–Trinajstić information content (AvgIpc) is 2.95. The zero-order chi connectivity index (χ0) is 13.4. The van der Waals surface area contributed by atoms with Crippen molar-refractivity contribution in [1.29, 1.82) is 0 Å². The second-order valence-corrected chi connectivity index (χ2v) is 5.01. The minimum Gasteiger partial charge on any atom is -0.451 e.